The lowest BCUT2D eigenvalue weighted by Gasteiger charge is -2.06. The van der Waals surface area contributed by atoms with Crippen molar-refractivity contribution in [1.82, 2.24) is 4.72 Å². The molecule has 1 aromatic rings. The van der Waals surface area contributed by atoms with Crippen LogP contribution >= 0.6 is 24.8 Å². The summed E-state index contributed by atoms with van der Waals surface area (Å²) in [5.74, 6) is 0. The number of halogens is 2. The molecule has 3 N–H and O–H groups in total. The quantitative estimate of drug-likeness (QED) is 0.713. The first-order valence-electron chi connectivity index (χ1n) is 6.32. The Kier molecular flexibility index (Phi) is 12.5. The molecule has 0 aliphatic heterocycles. The average molecular weight is 343 g/mol. The van der Waals surface area contributed by atoms with Crippen LogP contribution in [0.25, 0.3) is 0 Å². The van der Waals surface area contributed by atoms with Gasteiger partial charge in [-0.05, 0) is 38.4 Å². The first-order chi connectivity index (χ1) is 8.56. The van der Waals surface area contributed by atoms with E-state index in [0.717, 1.165) is 31.2 Å². The molecule has 1 aromatic carbocycles. The van der Waals surface area contributed by atoms with E-state index in [4.69, 9.17) is 5.73 Å². The number of benzene rings is 1. The van der Waals surface area contributed by atoms with E-state index in [1.807, 2.05) is 6.92 Å². The van der Waals surface area contributed by atoms with E-state index in [0.29, 0.717) is 18.0 Å². The maximum atomic E-state index is 11.9. The summed E-state index contributed by atoms with van der Waals surface area (Å²) in [6.07, 6.45) is 3.92. The van der Waals surface area contributed by atoms with Gasteiger partial charge in [0.2, 0.25) is 10.0 Å². The normalized spacial score (nSPS) is 10.5. The topological polar surface area (TPSA) is 72.2 Å². The van der Waals surface area contributed by atoms with Crippen LogP contribution in [-0.4, -0.2) is 21.5 Å². The summed E-state index contributed by atoms with van der Waals surface area (Å²) in [5.41, 5.74) is 6.44. The molecule has 0 saturated carbocycles. The molecular formula is C13H24Cl2N2O2S. The first-order valence-corrected chi connectivity index (χ1v) is 7.81. The number of unbranched alkanes of at least 4 members (excludes halogenated alkanes) is 3. The highest BCUT2D eigenvalue weighted by molar-refractivity contribution is 7.89. The Labute approximate surface area is 134 Å². The smallest absolute Gasteiger partial charge is 0.240 e. The lowest BCUT2D eigenvalue weighted by atomic mass is 10.2. The van der Waals surface area contributed by atoms with Crippen LogP contribution in [0.2, 0.25) is 0 Å². The molecule has 0 bridgehead atoms. The number of hydrogen-bond acceptors (Lipinski definition) is 3. The van der Waals surface area contributed by atoms with E-state index in [1.165, 1.54) is 0 Å². The number of sulfonamides is 1. The molecule has 0 atom stereocenters. The zero-order valence-corrected chi connectivity index (χ0v) is 14.1. The van der Waals surface area contributed by atoms with Gasteiger partial charge in [0.05, 0.1) is 4.90 Å². The fraction of sp³-hybridized carbons (Fsp3) is 0.538. The van der Waals surface area contributed by atoms with Gasteiger partial charge in [-0.15, -0.1) is 24.8 Å². The highest BCUT2D eigenvalue weighted by atomic mass is 35.5. The number of hydrogen-bond donors (Lipinski definition) is 2. The van der Waals surface area contributed by atoms with E-state index >= 15 is 0 Å². The Hall–Kier alpha value is -0.330. The minimum Gasteiger partial charge on any atom is -0.330 e. The fourth-order valence-electron chi connectivity index (χ4n) is 1.63. The highest BCUT2D eigenvalue weighted by Gasteiger charge is 2.12. The fourth-order valence-corrected chi connectivity index (χ4v) is 2.70. The van der Waals surface area contributed by atoms with Gasteiger partial charge in [-0.3, -0.25) is 0 Å². The molecule has 0 unspecified atom stereocenters. The van der Waals surface area contributed by atoms with Gasteiger partial charge in [-0.25, -0.2) is 13.1 Å². The van der Waals surface area contributed by atoms with Crippen LogP contribution < -0.4 is 10.5 Å². The van der Waals surface area contributed by atoms with Crippen molar-refractivity contribution in [3.63, 3.8) is 0 Å². The van der Waals surface area contributed by atoms with Crippen molar-refractivity contribution in [2.24, 2.45) is 5.73 Å². The summed E-state index contributed by atoms with van der Waals surface area (Å²) in [7, 11) is -3.34. The van der Waals surface area contributed by atoms with Gasteiger partial charge in [-0.1, -0.05) is 30.5 Å². The lowest BCUT2D eigenvalue weighted by Crippen LogP contribution is -2.24. The monoisotopic (exact) mass is 342 g/mol. The van der Waals surface area contributed by atoms with Crippen molar-refractivity contribution < 1.29 is 8.42 Å². The van der Waals surface area contributed by atoms with Gasteiger partial charge in [0.15, 0.2) is 0 Å². The predicted molar refractivity (Wildman–Crippen MR) is 88.4 cm³/mol. The van der Waals surface area contributed by atoms with Crippen LogP contribution in [-0.2, 0) is 10.0 Å². The van der Waals surface area contributed by atoms with Gasteiger partial charge in [0, 0.05) is 6.54 Å². The van der Waals surface area contributed by atoms with Crippen LogP contribution in [0.1, 0.15) is 31.2 Å². The molecule has 118 valence electrons. The van der Waals surface area contributed by atoms with Crippen LogP contribution in [0.3, 0.4) is 0 Å². The van der Waals surface area contributed by atoms with E-state index < -0.39 is 10.0 Å². The SMILES string of the molecule is Cc1ccc(S(=O)(=O)NCCCCCCN)cc1.Cl.Cl. The molecule has 0 fully saturated rings. The molecule has 0 aliphatic carbocycles. The summed E-state index contributed by atoms with van der Waals surface area (Å²) < 4.78 is 26.4. The predicted octanol–water partition coefficient (Wildman–Crippen LogP) is 2.64. The molecular weight excluding hydrogens is 319 g/mol. The third-order valence-electron chi connectivity index (χ3n) is 2.75. The third-order valence-corrected chi connectivity index (χ3v) is 4.23. The van der Waals surface area contributed by atoms with E-state index in [9.17, 15) is 8.42 Å². The van der Waals surface area contributed by atoms with Gasteiger partial charge in [0.1, 0.15) is 0 Å². The maximum absolute atomic E-state index is 11.9. The summed E-state index contributed by atoms with van der Waals surface area (Å²) in [5, 5.41) is 0. The van der Waals surface area contributed by atoms with Crippen LogP contribution in [0, 0.1) is 6.92 Å². The summed E-state index contributed by atoms with van der Waals surface area (Å²) in [6.45, 7) is 3.12. The average Bonchev–Trinajstić information content (AvgIpc) is 2.34. The van der Waals surface area contributed by atoms with Crippen molar-refractivity contribution in [3.05, 3.63) is 29.8 Å². The minimum atomic E-state index is -3.34. The largest absolute Gasteiger partial charge is 0.330 e. The lowest BCUT2D eigenvalue weighted by molar-refractivity contribution is 0.572. The molecule has 0 heterocycles. The second-order valence-corrected chi connectivity index (χ2v) is 6.18. The Bertz CT molecular complexity index is 450. The zero-order valence-electron chi connectivity index (χ0n) is 11.7. The van der Waals surface area contributed by atoms with Crippen LogP contribution in [0.4, 0.5) is 0 Å². The van der Waals surface area contributed by atoms with E-state index in [1.54, 1.807) is 24.3 Å². The zero-order chi connectivity index (χ0) is 13.4. The molecule has 0 saturated heterocycles. The number of nitrogens with two attached hydrogens (primary N) is 1. The molecule has 0 aliphatic rings. The second-order valence-electron chi connectivity index (χ2n) is 4.41. The van der Waals surface area contributed by atoms with Crippen LogP contribution in [0.15, 0.2) is 29.2 Å². The minimum absolute atomic E-state index is 0. The molecule has 7 heteroatoms. The number of aryl methyl sites for hydroxylation is 1. The standard InChI is InChI=1S/C13H22N2O2S.2ClH/c1-12-6-8-13(9-7-12)18(16,17)15-11-5-3-2-4-10-14;;/h6-9,15H,2-5,10-11,14H2,1H3;2*1H. The Morgan fingerprint density at radius 3 is 2.10 bits per heavy atom. The van der Waals surface area contributed by atoms with Crippen molar-refractivity contribution in [2.45, 2.75) is 37.5 Å². The van der Waals surface area contributed by atoms with Gasteiger partial charge >= 0.3 is 0 Å². The molecule has 0 amide bonds. The van der Waals surface area contributed by atoms with Gasteiger partial charge in [-0.2, -0.15) is 0 Å². The Morgan fingerprint density at radius 1 is 1.00 bits per heavy atom. The molecule has 20 heavy (non-hydrogen) atoms. The van der Waals surface area contributed by atoms with Gasteiger partial charge in [0.25, 0.3) is 0 Å². The van der Waals surface area contributed by atoms with Crippen LogP contribution in [0.5, 0.6) is 0 Å². The summed E-state index contributed by atoms with van der Waals surface area (Å²) >= 11 is 0. The Morgan fingerprint density at radius 2 is 1.55 bits per heavy atom. The van der Waals surface area contributed by atoms with Gasteiger partial charge < -0.3 is 5.73 Å². The van der Waals surface area contributed by atoms with E-state index in [2.05, 4.69) is 4.72 Å². The molecule has 0 radical (unpaired) electrons. The van der Waals surface area contributed by atoms with Crippen molar-refractivity contribution in [3.8, 4) is 0 Å². The molecule has 1 rings (SSSR count). The van der Waals surface area contributed by atoms with Crippen molar-refractivity contribution in [2.75, 3.05) is 13.1 Å². The van der Waals surface area contributed by atoms with Crippen molar-refractivity contribution >= 4 is 34.8 Å². The summed E-state index contributed by atoms with van der Waals surface area (Å²) in [4.78, 5) is 0.329. The first kappa shape index (κ1) is 22.0. The van der Waals surface area contributed by atoms with Crippen molar-refractivity contribution in [1.29, 1.82) is 0 Å². The number of nitrogens with one attached hydrogen (secondary N) is 1. The Balaban J connectivity index is 0. The molecule has 0 spiro atoms. The number of rotatable bonds is 8. The van der Waals surface area contributed by atoms with E-state index in [-0.39, 0.29) is 24.8 Å². The third kappa shape index (κ3) is 8.07. The highest BCUT2D eigenvalue weighted by Crippen LogP contribution is 2.10. The maximum Gasteiger partial charge on any atom is 0.240 e. The second kappa shape index (κ2) is 11.3. The summed E-state index contributed by atoms with van der Waals surface area (Å²) in [6, 6.07) is 6.86. The molecule has 0 aromatic heterocycles. The molecule has 4 nitrogen and oxygen atoms in total.